The number of hydrogen-bond donors (Lipinski definition) is 0. The summed E-state index contributed by atoms with van der Waals surface area (Å²) in [6.07, 6.45) is -4.44. The van der Waals surface area contributed by atoms with Crippen molar-refractivity contribution in [3.05, 3.63) is 53.8 Å². The smallest absolute Gasteiger partial charge is 0.406 e. The van der Waals surface area contributed by atoms with E-state index in [4.69, 9.17) is 0 Å². The first kappa shape index (κ1) is 14.0. The van der Waals surface area contributed by atoms with Crippen LogP contribution in [0.3, 0.4) is 0 Å². The maximum Gasteiger partial charge on any atom is 0.573 e. The van der Waals surface area contributed by atoms with Gasteiger partial charge in [-0.3, -0.25) is 4.79 Å². The van der Waals surface area contributed by atoms with Gasteiger partial charge in [0.15, 0.2) is 6.29 Å². The summed E-state index contributed by atoms with van der Waals surface area (Å²) in [4.78, 5) is 10.7. The van der Waals surface area contributed by atoms with E-state index in [0.29, 0.717) is 17.4 Å². The van der Waals surface area contributed by atoms with E-state index in [1.807, 2.05) is 0 Å². The number of benzene rings is 2. The highest BCUT2D eigenvalue weighted by Gasteiger charge is 2.31. The normalized spacial score (nSPS) is 11.2. The minimum atomic E-state index is -4.78. The minimum absolute atomic E-state index is 0.162. The molecule has 2 rings (SSSR count). The van der Waals surface area contributed by atoms with Crippen molar-refractivity contribution < 1.29 is 27.1 Å². The second-order valence-electron chi connectivity index (χ2n) is 3.93. The highest BCUT2D eigenvalue weighted by molar-refractivity contribution is 5.79. The lowest BCUT2D eigenvalue weighted by molar-refractivity contribution is -0.274. The van der Waals surface area contributed by atoms with E-state index >= 15 is 0 Å². The Labute approximate surface area is 111 Å². The molecule has 2 nitrogen and oxygen atoms in total. The van der Waals surface area contributed by atoms with Crippen molar-refractivity contribution >= 4 is 6.29 Å². The quantitative estimate of drug-likeness (QED) is 0.623. The lowest BCUT2D eigenvalue weighted by Gasteiger charge is -2.10. The van der Waals surface area contributed by atoms with Crippen LogP contribution in [0.1, 0.15) is 10.4 Å². The average Bonchev–Trinajstić information content (AvgIpc) is 2.37. The predicted octanol–water partition coefficient (Wildman–Crippen LogP) is 4.20. The zero-order valence-corrected chi connectivity index (χ0v) is 9.95. The van der Waals surface area contributed by atoms with Gasteiger partial charge in [-0.1, -0.05) is 18.2 Å². The molecule has 0 heterocycles. The molecule has 2 aromatic rings. The van der Waals surface area contributed by atoms with Gasteiger partial charge in [0.2, 0.25) is 0 Å². The summed E-state index contributed by atoms with van der Waals surface area (Å²) >= 11 is 0. The van der Waals surface area contributed by atoms with Crippen LogP contribution in [0.2, 0.25) is 0 Å². The molecule has 0 aromatic heterocycles. The van der Waals surface area contributed by atoms with Crippen LogP contribution in [0, 0.1) is 5.82 Å². The first-order chi connectivity index (χ1) is 9.39. The Morgan fingerprint density at radius 1 is 1.00 bits per heavy atom. The molecular weight excluding hydrogens is 276 g/mol. The van der Waals surface area contributed by atoms with Crippen LogP contribution < -0.4 is 4.74 Å². The fourth-order valence-corrected chi connectivity index (χ4v) is 1.69. The molecule has 2 aromatic carbocycles. The zero-order valence-electron chi connectivity index (χ0n) is 9.95. The molecule has 0 saturated heterocycles. The van der Waals surface area contributed by atoms with E-state index in [-0.39, 0.29) is 11.3 Å². The van der Waals surface area contributed by atoms with Crippen molar-refractivity contribution in [1.82, 2.24) is 0 Å². The average molecular weight is 284 g/mol. The summed E-state index contributed by atoms with van der Waals surface area (Å²) in [7, 11) is 0. The summed E-state index contributed by atoms with van der Waals surface area (Å²) in [5.74, 6) is -1.07. The number of carbonyl (C=O) groups excluding carboxylic acids is 1. The Kier molecular flexibility index (Phi) is 3.74. The van der Waals surface area contributed by atoms with Crippen molar-refractivity contribution in [3.8, 4) is 16.9 Å². The summed E-state index contributed by atoms with van der Waals surface area (Å²) in [6.45, 7) is 0. The Balaban J connectivity index is 2.38. The van der Waals surface area contributed by atoms with Crippen LogP contribution in [0.15, 0.2) is 42.5 Å². The molecule has 0 unspecified atom stereocenters. The molecule has 104 valence electrons. The number of alkyl halides is 3. The number of rotatable bonds is 3. The Morgan fingerprint density at radius 3 is 2.35 bits per heavy atom. The third-order valence-electron chi connectivity index (χ3n) is 2.52. The minimum Gasteiger partial charge on any atom is -0.406 e. The largest absolute Gasteiger partial charge is 0.573 e. The highest BCUT2D eigenvalue weighted by atomic mass is 19.4. The van der Waals surface area contributed by atoms with Crippen molar-refractivity contribution in [2.45, 2.75) is 6.36 Å². The van der Waals surface area contributed by atoms with Gasteiger partial charge in [0.25, 0.3) is 0 Å². The molecule has 6 heteroatoms. The molecule has 20 heavy (non-hydrogen) atoms. The lowest BCUT2D eigenvalue weighted by atomic mass is 10.0. The third-order valence-corrected chi connectivity index (χ3v) is 2.52. The van der Waals surface area contributed by atoms with Gasteiger partial charge in [0.05, 0.1) is 5.56 Å². The topological polar surface area (TPSA) is 26.3 Å². The Bertz CT molecular complexity index is 635. The van der Waals surface area contributed by atoms with Gasteiger partial charge in [0.1, 0.15) is 11.6 Å². The van der Waals surface area contributed by atoms with Crippen LogP contribution in [0.25, 0.3) is 11.1 Å². The molecule has 0 N–H and O–H groups in total. The maximum absolute atomic E-state index is 13.2. The predicted molar refractivity (Wildman–Crippen MR) is 63.9 cm³/mol. The molecule has 0 atom stereocenters. The number of carbonyl (C=O) groups is 1. The standard InChI is InChI=1S/C14H8F4O2/c15-13-5-4-10(6-11(13)8-19)9-2-1-3-12(7-9)20-14(16,17)18/h1-8H. The van der Waals surface area contributed by atoms with Gasteiger partial charge in [-0.25, -0.2) is 4.39 Å². The van der Waals surface area contributed by atoms with E-state index in [1.54, 1.807) is 0 Å². The van der Waals surface area contributed by atoms with Gasteiger partial charge >= 0.3 is 6.36 Å². The van der Waals surface area contributed by atoms with Crippen molar-refractivity contribution in [2.24, 2.45) is 0 Å². The van der Waals surface area contributed by atoms with Crippen LogP contribution >= 0.6 is 0 Å². The molecular formula is C14H8F4O2. The first-order valence-electron chi connectivity index (χ1n) is 5.50. The fourth-order valence-electron chi connectivity index (χ4n) is 1.69. The summed E-state index contributed by atoms with van der Waals surface area (Å²) < 4.78 is 53.4. The van der Waals surface area contributed by atoms with Crippen LogP contribution in [-0.2, 0) is 0 Å². The van der Waals surface area contributed by atoms with Gasteiger partial charge in [-0.15, -0.1) is 13.2 Å². The van der Waals surface area contributed by atoms with E-state index in [9.17, 15) is 22.4 Å². The van der Waals surface area contributed by atoms with E-state index in [2.05, 4.69) is 4.74 Å². The van der Waals surface area contributed by atoms with Crippen LogP contribution in [0.5, 0.6) is 5.75 Å². The SMILES string of the molecule is O=Cc1cc(-c2cccc(OC(F)(F)F)c2)ccc1F. The molecule has 0 amide bonds. The number of hydrogen-bond acceptors (Lipinski definition) is 2. The molecule has 0 aliphatic heterocycles. The number of aldehydes is 1. The Morgan fingerprint density at radius 2 is 1.70 bits per heavy atom. The number of halogens is 4. The van der Waals surface area contributed by atoms with E-state index in [0.717, 1.165) is 18.2 Å². The lowest BCUT2D eigenvalue weighted by Crippen LogP contribution is -2.17. The highest BCUT2D eigenvalue weighted by Crippen LogP contribution is 2.28. The zero-order chi connectivity index (χ0) is 14.8. The van der Waals surface area contributed by atoms with E-state index < -0.39 is 12.2 Å². The summed E-state index contributed by atoms with van der Waals surface area (Å²) in [5.41, 5.74) is 0.639. The molecule has 0 aliphatic carbocycles. The molecule has 0 spiro atoms. The number of ether oxygens (including phenoxy) is 1. The molecule has 0 bridgehead atoms. The van der Waals surface area contributed by atoms with Gasteiger partial charge in [-0.2, -0.15) is 0 Å². The molecule has 0 fully saturated rings. The fraction of sp³-hybridized carbons (Fsp3) is 0.0714. The maximum atomic E-state index is 13.2. The van der Waals surface area contributed by atoms with Crippen LogP contribution in [-0.4, -0.2) is 12.6 Å². The summed E-state index contributed by atoms with van der Waals surface area (Å²) in [6, 6.07) is 8.93. The monoisotopic (exact) mass is 284 g/mol. The second-order valence-corrected chi connectivity index (χ2v) is 3.93. The molecule has 0 aliphatic rings. The van der Waals surface area contributed by atoms with Gasteiger partial charge in [-0.05, 0) is 35.4 Å². The van der Waals surface area contributed by atoms with Crippen molar-refractivity contribution in [2.75, 3.05) is 0 Å². The van der Waals surface area contributed by atoms with Crippen molar-refractivity contribution in [3.63, 3.8) is 0 Å². The van der Waals surface area contributed by atoms with Crippen molar-refractivity contribution in [1.29, 1.82) is 0 Å². The van der Waals surface area contributed by atoms with Gasteiger partial charge < -0.3 is 4.74 Å². The molecule has 0 radical (unpaired) electrons. The molecule has 0 saturated carbocycles. The first-order valence-corrected chi connectivity index (χ1v) is 5.50. The second kappa shape index (κ2) is 5.32. The Hall–Kier alpha value is -2.37. The third kappa shape index (κ3) is 3.34. The summed E-state index contributed by atoms with van der Waals surface area (Å²) in [5, 5.41) is 0. The van der Waals surface area contributed by atoms with E-state index in [1.165, 1.54) is 24.3 Å². The van der Waals surface area contributed by atoms with Crippen LogP contribution in [0.4, 0.5) is 17.6 Å². The van der Waals surface area contributed by atoms with Gasteiger partial charge in [0, 0.05) is 0 Å².